The summed E-state index contributed by atoms with van der Waals surface area (Å²) in [6.45, 7) is 2.03. The SMILES string of the molecule is O=C(O)C(CCN(CCCCc1ccc2c(n1)NCCC2)CCOCC(F)F)Nc1cc(-n2cccn2)ncn1. The van der Waals surface area contributed by atoms with Crippen molar-refractivity contribution in [3.05, 3.63) is 54.2 Å². The van der Waals surface area contributed by atoms with Crippen LogP contribution in [0.2, 0.25) is 0 Å². The zero-order valence-electron chi connectivity index (χ0n) is 22.4. The van der Waals surface area contributed by atoms with Crippen LogP contribution in [0.4, 0.5) is 20.4 Å². The highest BCUT2D eigenvalue weighted by Gasteiger charge is 2.20. The standard InChI is InChI=1S/C27H36F2N8O3/c28-23(29)18-40-16-15-36(12-2-1-6-21-8-7-20-5-3-10-30-26(20)34-21)14-9-22(27(38)39)35-24-17-25(32-19-31-24)37-13-4-11-33-37/h4,7-8,11,13,17,19,22-23H,1-3,5-6,9-10,12,14-16,18H2,(H,30,34)(H,38,39)(H,31,32,35). The molecule has 13 heteroatoms. The molecular weight excluding hydrogens is 522 g/mol. The average Bonchev–Trinajstić information content (AvgIpc) is 3.50. The van der Waals surface area contributed by atoms with Crippen LogP contribution >= 0.6 is 0 Å². The van der Waals surface area contributed by atoms with Gasteiger partial charge in [0.05, 0.1) is 6.61 Å². The van der Waals surface area contributed by atoms with Crippen molar-refractivity contribution in [1.82, 2.24) is 29.6 Å². The van der Waals surface area contributed by atoms with Crippen molar-refractivity contribution in [2.45, 2.75) is 51.0 Å². The molecule has 1 atom stereocenters. The number of unbranched alkanes of at least 4 members (excludes halogenated alkanes) is 1. The monoisotopic (exact) mass is 558 g/mol. The normalized spacial score (nSPS) is 13.7. The van der Waals surface area contributed by atoms with Gasteiger partial charge in [-0.3, -0.25) is 0 Å². The number of alkyl halides is 2. The number of ether oxygens (including phenoxy) is 1. The van der Waals surface area contributed by atoms with Gasteiger partial charge in [0.2, 0.25) is 0 Å². The molecule has 3 aromatic rings. The third kappa shape index (κ3) is 9.19. The second kappa shape index (κ2) is 15.2. The van der Waals surface area contributed by atoms with Crippen LogP contribution < -0.4 is 10.6 Å². The second-order valence-electron chi connectivity index (χ2n) is 9.64. The number of rotatable bonds is 17. The first-order valence-corrected chi connectivity index (χ1v) is 13.6. The Bertz CT molecular complexity index is 1200. The summed E-state index contributed by atoms with van der Waals surface area (Å²) >= 11 is 0. The average molecular weight is 559 g/mol. The minimum Gasteiger partial charge on any atom is -0.480 e. The fourth-order valence-corrected chi connectivity index (χ4v) is 4.55. The van der Waals surface area contributed by atoms with Gasteiger partial charge in [-0.05, 0) is 62.8 Å². The van der Waals surface area contributed by atoms with Crippen LogP contribution in [0.25, 0.3) is 5.82 Å². The maximum Gasteiger partial charge on any atom is 0.326 e. The zero-order valence-corrected chi connectivity index (χ0v) is 22.4. The van der Waals surface area contributed by atoms with Crippen LogP contribution in [0, 0.1) is 0 Å². The minimum absolute atomic E-state index is 0.146. The van der Waals surface area contributed by atoms with E-state index in [0.29, 0.717) is 31.3 Å². The van der Waals surface area contributed by atoms with Crippen LogP contribution in [0.15, 0.2) is 43.0 Å². The first-order chi connectivity index (χ1) is 19.5. The smallest absolute Gasteiger partial charge is 0.326 e. The molecule has 0 fully saturated rings. The van der Waals surface area contributed by atoms with Crippen molar-refractivity contribution in [1.29, 1.82) is 0 Å². The lowest BCUT2D eigenvalue weighted by molar-refractivity contribution is -0.138. The van der Waals surface area contributed by atoms with Crippen molar-refractivity contribution in [3.63, 3.8) is 0 Å². The lowest BCUT2D eigenvalue weighted by Gasteiger charge is -2.24. The van der Waals surface area contributed by atoms with E-state index in [1.807, 2.05) is 0 Å². The summed E-state index contributed by atoms with van der Waals surface area (Å²) in [4.78, 5) is 27.1. The fraction of sp³-hybridized carbons (Fsp3) is 0.519. The number of aromatic nitrogens is 5. The Morgan fingerprint density at radius 2 is 2.12 bits per heavy atom. The van der Waals surface area contributed by atoms with Gasteiger partial charge < -0.3 is 25.4 Å². The third-order valence-corrected chi connectivity index (χ3v) is 6.65. The molecule has 0 aromatic carbocycles. The molecule has 0 spiro atoms. The molecule has 3 aromatic heterocycles. The van der Waals surface area contributed by atoms with E-state index in [9.17, 15) is 18.7 Å². The molecule has 216 valence electrons. The summed E-state index contributed by atoms with van der Waals surface area (Å²) in [5.74, 6) is 0.842. The molecule has 40 heavy (non-hydrogen) atoms. The van der Waals surface area contributed by atoms with E-state index in [1.165, 1.54) is 11.9 Å². The number of aliphatic carboxylic acids is 1. The highest BCUT2D eigenvalue weighted by atomic mass is 19.3. The number of nitrogens with zero attached hydrogens (tertiary/aromatic N) is 6. The molecule has 0 saturated heterocycles. The number of hydrogen-bond acceptors (Lipinski definition) is 9. The number of pyridine rings is 1. The maximum absolute atomic E-state index is 12.5. The van der Waals surface area contributed by atoms with Crippen LogP contribution in [0.1, 0.15) is 36.9 Å². The number of halogens is 2. The van der Waals surface area contributed by atoms with Crippen molar-refractivity contribution in [2.75, 3.05) is 50.0 Å². The van der Waals surface area contributed by atoms with Gasteiger partial charge in [-0.1, -0.05) is 6.07 Å². The first-order valence-electron chi connectivity index (χ1n) is 13.6. The lowest BCUT2D eigenvalue weighted by Crippen LogP contribution is -2.37. The van der Waals surface area contributed by atoms with E-state index in [4.69, 9.17) is 9.72 Å². The number of carbonyl (C=O) groups is 1. The Kier molecular flexibility index (Phi) is 11.1. The van der Waals surface area contributed by atoms with Crippen LogP contribution in [-0.4, -0.2) is 92.6 Å². The molecule has 1 aliphatic heterocycles. The Balaban J connectivity index is 1.29. The summed E-state index contributed by atoms with van der Waals surface area (Å²) in [5, 5.41) is 20.3. The van der Waals surface area contributed by atoms with E-state index in [0.717, 1.165) is 50.2 Å². The molecule has 0 aliphatic carbocycles. The highest BCUT2D eigenvalue weighted by molar-refractivity contribution is 5.76. The Hall–Kier alpha value is -3.71. The molecule has 3 N–H and O–H groups in total. The van der Waals surface area contributed by atoms with Crippen molar-refractivity contribution >= 4 is 17.6 Å². The van der Waals surface area contributed by atoms with Crippen LogP contribution in [-0.2, 0) is 22.4 Å². The van der Waals surface area contributed by atoms with Gasteiger partial charge in [-0.25, -0.2) is 33.2 Å². The second-order valence-corrected chi connectivity index (χ2v) is 9.64. The van der Waals surface area contributed by atoms with Crippen molar-refractivity contribution < 1.29 is 23.4 Å². The minimum atomic E-state index is -2.52. The number of carboxylic acids is 1. The van der Waals surface area contributed by atoms with E-state index in [1.54, 1.807) is 29.2 Å². The predicted octanol–water partition coefficient (Wildman–Crippen LogP) is 3.28. The summed E-state index contributed by atoms with van der Waals surface area (Å²) < 4.78 is 31.7. The van der Waals surface area contributed by atoms with E-state index < -0.39 is 25.0 Å². The van der Waals surface area contributed by atoms with Gasteiger partial charge in [0.15, 0.2) is 5.82 Å². The molecule has 11 nitrogen and oxygen atoms in total. The molecule has 4 heterocycles. The number of anilines is 2. The van der Waals surface area contributed by atoms with Crippen molar-refractivity contribution in [2.24, 2.45) is 0 Å². The Morgan fingerprint density at radius 1 is 1.23 bits per heavy atom. The lowest BCUT2D eigenvalue weighted by atomic mass is 10.1. The van der Waals surface area contributed by atoms with Gasteiger partial charge >= 0.3 is 5.97 Å². The molecule has 0 bridgehead atoms. The van der Waals surface area contributed by atoms with Crippen molar-refractivity contribution in [3.8, 4) is 5.82 Å². The van der Waals surface area contributed by atoms with Crippen LogP contribution in [0.3, 0.4) is 0 Å². The Labute approximate surface area is 232 Å². The maximum atomic E-state index is 12.5. The molecular formula is C27H36F2N8O3. The number of fused-ring (bicyclic) bond motifs is 1. The van der Waals surface area contributed by atoms with E-state index in [2.05, 4.69) is 42.7 Å². The largest absolute Gasteiger partial charge is 0.480 e. The molecule has 0 saturated carbocycles. The topological polar surface area (TPSA) is 130 Å². The number of carboxylic acid groups (broad SMARTS) is 1. The van der Waals surface area contributed by atoms with E-state index in [-0.39, 0.29) is 13.0 Å². The van der Waals surface area contributed by atoms with Crippen LogP contribution in [0.5, 0.6) is 0 Å². The van der Waals surface area contributed by atoms with Gasteiger partial charge in [0, 0.05) is 43.8 Å². The highest BCUT2D eigenvalue weighted by Crippen LogP contribution is 2.20. The number of aryl methyl sites for hydroxylation is 2. The quantitative estimate of drug-likeness (QED) is 0.212. The van der Waals surface area contributed by atoms with E-state index >= 15 is 0 Å². The fourth-order valence-electron chi connectivity index (χ4n) is 4.55. The third-order valence-electron chi connectivity index (χ3n) is 6.65. The van der Waals surface area contributed by atoms with Gasteiger partial charge in [-0.15, -0.1) is 0 Å². The van der Waals surface area contributed by atoms with Gasteiger partial charge in [0.1, 0.15) is 30.6 Å². The summed E-state index contributed by atoms with van der Waals surface area (Å²) in [7, 11) is 0. The zero-order chi connectivity index (χ0) is 28.2. The molecule has 1 unspecified atom stereocenters. The van der Waals surface area contributed by atoms with Gasteiger partial charge in [-0.2, -0.15) is 5.10 Å². The summed E-state index contributed by atoms with van der Waals surface area (Å²) in [6, 6.07) is 6.71. The van der Waals surface area contributed by atoms with Gasteiger partial charge in [0.25, 0.3) is 6.43 Å². The molecule has 4 rings (SSSR count). The predicted molar refractivity (Wildman–Crippen MR) is 146 cm³/mol. The molecule has 0 radical (unpaired) electrons. The first kappa shape index (κ1) is 29.3. The number of hydrogen-bond donors (Lipinski definition) is 3. The molecule has 1 aliphatic rings. The Morgan fingerprint density at radius 3 is 2.92 bits per heavy atom. The summed E-state index contributed by atoms with van der Waals surface area (Å²) in [5.41, 5.74) is 2.29. The molecule has 0 amide bonds. The number of nitrogens with one attached hydrogen (secondary N) is 2. The summed E-state index contributed by atoms with van der Waals surface area (Å²) in [6.07, 6.45) is 7.21.